The van der Waals surface area contributed by atoms with Crippen LogP contribution in [0.15, 0.2) is 53.4 Å². The van der Waals surface area contributed by atoms with Crippen LogP contribution in [0.25, 0.3) is 0 Å². The molecular weight excluding hydrogens is 472 g/mol. The van der Waals surface area contributed by atoms with Crippen molar-refractivity contribution in [2.45, 2.75) is 63.8 Å². The highest BCUT2D eigenvalue weighted by atomic mass is 32.2. The molecule has 2 aliphatic carbocycles. The summed E-state index contributed by atoms with van der Waals surface area (Å²) in [6.45, 7) is 5.53. The van der Waals surface area contributed by atoms with Gasteiger partial charge in [-0.25, -0.2) is 13.1 Å². The van der Waals surface area contributed by atoms with E-state index in [-0.39, 0.29) is 17.6 Å². The van der Waals surface area contributed by atoms with Crippen LogP contribution in [0, 0.1) is 20.8 Å². The first kappa shape index (κ1) is 24.4. The molecule has 2 aliphatic rings. The maximum atomic E-state index is 13.5. The van der Waals surface area contributed by atoms with Gasteiger partial charge in [-0.1, -0.05) is 43.5 Å². The molecule has 5 rings (SSSR count). The van der Waals surface area contributed by atoms with Crippen LogP contribution in [0.2, 0.25) is 0 Å². The number of fused-ring (bicyclic) bond motifs is 2. The maximum absolute atomic E-state index is 13.5. The number of benzene rings is 3. The fourth-order valence-electron chi connectivity index (χ4n) is 5.38. The monoisotopic (exact) mass is 502 g/mol. The molecular formula is C29H30N2O4S. The molecule has 1 saturated carbocycles. The van der Waals surface area contributed by atoms with Crippen LogP contribution in [-0.2, 0) is 10.0 Å². The molecule has 7 heteroatoms. The van der Waals surface area contributed by atoms with E-state index in [1.54, 1.807) is 49.4 Å². The van der Waals surface area contributed by atoms with Gasteiger partial charge in [0.15, 0.2) is 11.6 Å². The Morgan fingerprint density at radius 3 is 2.03 bits per heavy atom. The Labute approximate surface area is 212 Å². The van der Waals surface area contributed by atoms with Crippen molar-refractivity contribution in [2.24, 2.45) is 0 Å². The van der Waals surface area contributed by atoms with E-state index in [2.05, 4.69) is 10.0 Å². The van der Waals surface area contributed by atoms with E-state index in [0.29, 0.717) is 44.1 Å². The lowest BCUT2D eigenvalue weighted by molar-refractivity contribution is 0.0979. The molecule has 0 atom stereocenters. The highest BCUT2D eigenvalue weighted by Gasteiger charge is 2.30. The minimum Gasteiger partial charge on any atom is -0.355 e. The molecule has 186 valence electrons. The number of nitrogens with one attached hydrogen (secondary N) is 2. The smallest absolute Gasteiger partial charge is 0.241 e. The maximum Gasteiger partial charge on any atom is 0.241 e. The number of anilines is 2. The van der Waals surface area contributed by atoms with Crippen LogP contribution in [0.3, 0.4) is 0 Å². The predicted molar refractivity (Wildman–Crippen MR) is 141 cm³/mol. The number of rotatable bonds is 5. The zero-order valence-electron chi connectivity index (χ0n) is 20.8. The fraction of sp³-hybridized carbons (Fsp3) is 0.310. The number of carbonyl (C=O) groups is 2. The molecule has 0 saturated heterocycles. The standard InChI is InChI=1S/C29H30N2O4S/c1-17-15-26(19(3)29(18(17)2)36(34,35)31-20-9-5-4-6-10-20)30-21-13-14-24-25(16-21)28(33)23-12-8-7-11-22(23)27(24)32/h7-8,11-16,20,30-31H,4-6,9-10H2,1-3H3. The van der Waals surface area contributed by atoms with Crippen LogP contribution in [0.4, 0.5) is 11.4 Å². The first-order chi connectivity index (χ1) is 17.2. The van der Waals surface area contributed by atoms with E-state index < -0.39 is 10.0 Å². The van der Waals surface area contributed by atoms with Crippen molar-refractivity contribution >= 4 is 33.0 Å². The van der Waals surface area contributed by atoms with E-state index in [4.69, 9.17) is 0 Å². The van der Waals surface area contributed by atoms with E-state index in [1.807, 2.05) is 19.9 Å². The average Bonchev–Trinajstić information content (AvgIpc) is 2.86. The normalized spacial score (nSPS) is 16.0. The van der Waals surface area contributed by atoms with Gasteiger partial charge < -0.3 is 5.32 Å². The van der Waals surface area contributed by atoms with Crippen LogP contribution in [0.1, 0.15) is 80.6 Å². The lowest BCUT2D eigenvalue weighted by Gasteiger charge is -2.25. The summed E-state index contributed by atoms with van der Waals surface area (Å²) < 4.78 is 29.9. The van der Waals surface area contributed by atoms with E-state index in [0.717, 1.165) is 43.2 Å². The highest BCUT2D eigenvalue weighted by molar-refractivity contribution is 7.89. The summed E-state index contributed by atoms with van der Waals surface area (Å²) in [5, 5.41) is 3.31. The summed E-state index contributed by atoms with van der Waals surface area (Å²) in [5.74, 6) is -0.364. The zero-order chi connectivity index (χ0) is 25.6. The quantitative estimate of drug-likeness (QED) is 0.363. The molecule has 0 aliphatic heterocycles. The predicted octanol–water partition coefficient (Wildman–Crippen LogP) is 5.74. The second kappa shape index (κ2) is 9.30. The second-order valence-corrected chi connectivity index (χ2v) is 11.5. The van der Waals surface area contributed by atoms with Gasteiger partial charge >= 0.3 is 0 Å². The number of ketones is 2. The molecule has 0 bridgehead atoms. The average molecular weight is 503 g/mol. The summed E-state index contributed by atoms with van der Waals surface area (Å²) in [5.41, 5.74) is 5.00. The third kappa shape index (κ3) is 4.27. The molecule has 0 aromatic heterocycles. The molecule has 3 aromatic rings. The van der Waals surface area contributed by atoms with Crippen LogP contribution in [0.5, 0.6) is 0 Å². The third-order valence-electron chi connectivity index (χ3n) is 7.44. The summed E-state index contributed by atoms with van der Waals surface area (Å²) >= 11 is 0. The van der Waals surface area contributed by atoms with Gasteiger partial charge in [-0.05, 0) is 74.6 Å². The van der Waals surface area contributed by atoms with Crippen molar-refractivity contribution in [2.75, 3.05) is 5.32 Å². The van der Waals surface area contributed by atoms with Crippen molar-refractivity contribution in [3.63, 3.8) is 0 Å². The largest absolute Gasteiger partial charge is 0.355 e. The zero-order valence-corrected chi connectivity index (χ0v) is 21.6. The minimum absolute atomic E-state index is 0.0356. The highest BCUT2D eigenvalue weighted by Crippen LogP contribution is 2.34. The SMILES string of the molecule is Cc1cc(Nc2ccc3c(c2)C(=O)c2ccccc2C3=O)c(C)c(S(=O)(=O)NC2CCCCC2)c1C. The van der Waals surface area contributed by atoms with Crippen molar-refractivity contribution < 1.29 is 18.0 Å². The molecule has 0 radical (unpaired) electrons. The van der Waals surface area contributed by atoms with Crippen LogP contribution < -0.4 is 10.0 Å². The van der Waals surface area contributed by atoms with Gasteiger partial charge in [0.05, 0.1) is 4.90 Å². The molecule has 3 aromatic carbocycles. The lowest BCUT2D eigenvalue weighted by atomic mass is 9.84. The molecule has 2 N–H and O–H groups in total. The van der Waals surface area contributed by atoms with Gasteiger partial charge in [0.1, 0.15) is 0 Å². The van der Waals surface area contributed by atoms with E-state index in [9.17, 15) is 18.0 Å². The Hall–Kier alpha value is -3.29. The number of carbonyl (C=O) groups excluding carboxylic acids is 2. The molecule has 6 nitrogen and oxygen atoms in total. The summed E-state index contributed by atoms with van der Waals surface area (Å²) in [7, 11) is -3.71. The first-order valence-electron chi connectivity index (χ1n) is 12.4. The second-order valence-electron chi connectivity index (χ2n) is 9.87. The lowest BCUT2D eigenvalue weighted by Crippen LogP contribution is -2.37. The Morgan fingerprint density at radius 2 is 1.36 bits per heavy atom. The van der Waals surface area contributed by atoms with E-state index >= 15 is 0 Å². The van der Waals surface area contributed by atoms with Crippen molar-refractivity contribution in [3.8, 4) is 0 Å². The number of sulfonamides is 1. The van der Waals surface area contributed by atoms with Gasteiger partial charge in [-0.15, -0.1) is 0 Å². The summed E-state index contributed by atoms with van der Waals surface area (Å²) in [6.07, 6.45) is 4.94. The first-order valence-corrected chi connectivity index (χ1v) is 13.9. The topological polar surface area (TPSA) is 92.3 Å². The molecule has 0 heterocycles. The van der Waals surface area contributed by atoms with Gasteiger partial charge in [0.25, 0.3) is 0 Å². The molecule has 1 fully saturated rings. The number of hydrogen-bond donors (Lipinski definition) is 2. The molecule has 0 amide bonds. The molecule has 0 unspecified atom stereocenters. The Morgan fingerprint density at radius 1 is 0.750 bits per heavy atom. The van der Waals surface area contributed by atoms with Gasteiger partial charge in [0.2, 0.25) is 10.0 Å². The van der Waals surface area contributed by atoms with Gasteiger partial charge in [-0.2, -0.15) is 0 Å². The third-order valence-corrected chi connectivity index (χ3v) is 9.23. The summed E-state index contributed by atoms with van der Waals surface area (Å²) in [6, 6.07) is 13.8. The molecule has 36 heavy (non-hydrogen) atoms. The fourth-order valence-corrected chi connectivity index (χ4v) is 7.25. The number of aryl methyl sites for hydroxylation is 1. The Balaban J connectivity index is 1.50. The van der Waals surface area contributed by atoms with Crippen molar-refractivity contribution in [1.82, 2.24) is 4.72 Å². The van der Waals surface area contributed by atoms with Crippen LogP contribution in [-0.4, -0.2) is 26.0 Å². The minimum atomic E-state index is -3.71. The Kier molecular flexibility index (Phi) is 6.30. The Bertz CT molecular complexity index is 1500. The summed E-state index contributed by atoms with van der Waals surface area (Å²) in [4.78, 5) is 26.4. The van der Waals surface area contributed by atoms with Crippen molar-refractivity contribution in [1.29, 1.82) is 0 Å². The van der Waals surface area contributed by atoms with E-state index in [1.165, 1.54) is 0 Å². The van der Waals surface area contributed by atoms with Crippen molar-refractivity contribution in [3.05, 3.63) is 87.5 Å². The van der Waals surface area contributed by atoms with Gasteiger partial charge in [0, 0.05) is 39.7 Å². The van der Waals surface area contributed by atoms with Gasteiger partial charge in [-0.3, -0.25) is 9.59 Å². The molecule has 0 spiro atoms. The van der Waals surface area contributed by atoms with Crippen LogP contribution >= 0.6 is 0 Å². The number of hydrogen-bond acceptors (Lipinski definition) is 5.